The number of nitrogens with zero attached hydrogens (tertiary/aromatic N) is 1. The molecule has 1 aliphatic heterocycles. The lowest BCUT2D eigenvalue weighted by molar-refractivity contribution is 0.0976. The summed E-state index contributed by atoms with van der Waals surface area (Å²) >= 11 is 0. The highest BCUT2D eigenvalue weighted by Gasteiger charge is 2.29. The van der Waals surface area contributed by atoms with E-state index in [0.29, 0.717) is 24.3 Å². The van der Waals surface area contributed by atoms with E-state index in [2.05, 4.69) is 20.8 Å². The van der Waals surface area contributed by atoms with Crippen molar-refractivity contribution in [1.82, 2.24) is 0 Å². The Morgan fingerprint density at radius 3 is 2.44 bits per heavy atom. The van der Waals surface area contributed by atoms with Crippen molar-refractivity contribution < 1.29 is 14.3 Å². The standard InChI is InChI=1S/C20H22N2O3/c1-20(2,3)15-8-5-9-16-17(15)25-11-10-22(16)19(24)14-7-4-6-13(12-14)18(21)23/h4-9,12H,10-11H2,1-3H3,(H2,21,23). The van der Waals surface area contributed by atoms with Gasteiger partial charge in [-0.05, 0) is 29.7 Å². The predicted octanol–water partition coefficient (Wildman–Crippen LogP) is 3.12. The number of fused-ring (bicyclic) bond motifs is 1. The number of para-hydroxylation sites is 1. The smallest absolute Gasteiger partial charge is 0.258 e. The van der Waals surface area contributed by atoms with E-state index in [1.165, 1.54) is 6.07 Å². The fourth-order valence-corrected chi connectivity index (χ4v) is 3.01. The first-order valence-electron chi connectivity index (χ1n) is 8.27. The average Bonchev–Trinajstić information content (AvgIpc) is 2.59. The molecule has 0 spiro atoms. The van der Waals surface area contributed by atoms with Gasteiger partial charge < -0.3 is 15.4 Å². The quantitative estimate of drug-likeness (QED) is 0.914. The van der Waals surface area contributed by atoms with Gasteiger partial charge in [-0.2, -0.15) is 0 Å². The zero-order chi connectivity index (χ0) is 18.2. The van der Waals surface area contributed by atoms with Crippen LogP contribution in [-0.4, -0.2) is 25.0 Å². The lowest BCUT2D eigenvalue weighted by Gasteiger charge is -2.33. The summed E-state index contributed by atoms with van der Waals surface area (Å²) < 4.78 is 5.89. The first kappa shape index (κ1) is 17.0. The number of hydrogen-bond donors (Lipinski definition) is 1. The van der Waals surface area contributed by atoms with Gasteiger partial charge in [0.05, 0.1) is 12.2 Å². The third kappa shape index (κ3) is 3.22. The Bertz CT molecular complexity index is 837. The van der Waals surface area contributed by atoms with E-state index in [1.54, 1.807) is 23.1 Å². The summed E-state index contributed by atoms with van der Waals surface area (Å²) in [6, 6.07) is 12.4. The van der Waals surface area contributed by atoms with Crippen LogP contribution in [0.5, 0.6) is 5.75 Å². The molecule has 0 aromatic heterocycles. The molecule has 2 N–H and O–H groups in total. The molecule has 0 atom stereocenters. The molecule has 0 bridgehead atoms. The van der Waals surface area contributed by atoms with E-state index in [-0.39, 0.29) is 11.3 Å². The maximum Gasteiger partial charge on any atom is 0.258 e. The van der Waals surface area contributed by atoms with Crippen molar-refractivity contribution in [2.75, 3.05) is 18.1 Å². The lowest BCUT2D eigenvalue weighted by atomic mass is 9.85. The van der Waals surface area contributed by atoms with E-state index in [0.717, 1.165) is 17.0 Å². The normalized spacial score (nSPS) is 13.8. The average molecular weight is 338 g/mol. The summed E-state index contributed by atoms with van der Waals surface area (Å²) in [5.41, 5.74) is 7.81. The van der Waals surface area contributed by atoms with Gasteiger partial charge in [0.1, 0.15) is 12.4 Å². The number of carbonyl (C=O) groups is 2. The van der Waals surface area contributed by atoms with Gasteiger partial charge in [0, 0.05) is 16.7 Å². The van der Waals surface area contributed by atoms with Crippen LogP contribution in [0.3, 0.4) is 0 Å². The van der Waals surface area contributed by atoms with Gasteiger partial charge in [-0.15, -0.1) is 0 Å². The highest BCUT2D eigenvalue weighted by atomic mass is 16.5. The summed E-state index contributed by atoms with van der Waals surface area (Å²) in [6.45, 7) is 7.23. The zero-order valence-electron chi connectivity index (χ0n) is 14.7. The van der Waals surface area contributed by atoms with E-state index < -0.39 is 5.91 Å². The second-order valence-electron chi connectivity index (χ2n) is 7.15. The van der Waals surface area contributed by atoms with Gasteiger partial charge in [-0.1, -0.05) is 39.0 Å². The van der Waals surface area contributed by atoms with E-state index in [9.17, 15) is 9.59 Å². The Labute approximate surface area is 147 Å². The Kier molecular flexibility index (Phi) is 4.25. The second-order valence-corrected chi connectivity index (χ2v) is 7.15. The largest absolute Gasteiger partial charge is 0.489 e. The number of anilines is 1. The molecular formula is C20H22N2O3. The van der Waals surface area contributed by atoms with Crippen molar-refractivity contribution in [2.45, 2.75) is 26.2 Å². The molecule has 1 aliphatic rings. The molecule has 3 rings (SSSR count). The van der Waals surface area contributed by atoms with Crippen LogP contribution in [0.4, 0.5) is 5.69 Å². The molecule has 1 heterocycles. The van der Waals surface area contributed by atoms with Crippen LogP contribution in [0.25, 0.3) is 0 Å². The van der Waals surface area contributed by atoms with E-state index >= 15 is 0 Å². The summed E-state index contributed by atoms with van der Waals surface area (Å²) in [7, 11) is 0. The number of rotatable bonds is 2. The van der Waals surface area contributed by atoms with Crippen molar-refractivity contribution in [3.63, 3.8) is 0 Å². The predicted molar refractivity (Wildman–Crippen MR) is 97.3 cm³/mol. The third-order valence-electron chi connectivity index (χ3n) is 4.29. The highest BCUT2D eigenvalue weighted by Crippen LogP contribution is 2.41. The molecule has 5 nitrogen and oxygen atoms in total. The minimum Gasteiger partial charge on any atom is -0.489 e. The second kappa shape index (κ2) is 6.24. The van der Waals surface area contributed by atoms with Gasteiger partial charge >= 0.3 is 0 Å². The first-order valence-corrected chi connectivity index (χ1v) is 8.27. The Morgan fingerprint density at radius 1 is 1.08 bits per heavy atom. The third-order valence-corrected chi connectivity index (χ3v) is 4.29. The monoisotopic (exact) mass is 338 g/mol. The first-order chi connectivity index (χ1) is 11.8. The number of amides is 2. The topological polar surface area (TPSA) is 72.6 Å². The Morgan fingerprint density at radius 2 is 1.76 bits per heavy atom. The SMILES string of the molecule is CC(C)(C)c1cccc2c1OCCN2C(=O)c1cccc(C(N)=O)c1. The maximum absolute atomic E-state index is 13.0. The van der Waals surface area contributed by atoms with Crippen molar-refractivity contribution in [1.29, 1.82) is 0 Å². The molecule has 25 heavy (non-hydrogen) atoms. The molecule has 0 saturated heterocycles. The van der Waals surface area contributed by atoms with Gasteiger partial charge in [0.25, 0.3) is 5.91 Å². The molecular weight excluding hydrogens is 316 g/mol. The Balaban J connectivity index is 2.03. The summed E-state index contributed by atoms with van der Waals surface area (Å²) in [4.78, 5) is 26.1. The summed E-state index contributed by atoms with van der Waals surface area (Å²) in [5, 5.41) is 0. The van der Waals surface area contributed by atoms with Gasteiger partial charge in [-0.3, -0.25) is 9.59 Å². The molecule has 0 unspecified atom stereocenters. The number of hydrogen-bond acceptors (Lipinski definition) is 3. The van der Waals surface area contributed by atoms with Crippen LogP contribution in [0, 0.1) is 0 Å². The van der Waals surface area contributed by atoms with Crippen LogP contribution >= 0.6 is 0 Å². The molecule has 2 aromatic carbocycles. The van der Waals surface area contributed by atoms with Gasteiger partial charge in [-0.25, -0.2) is 0 Å². The van der Waals surface area contributed by atoms with Crippen molar-refractivity contribution in [2.24, 2.45) is 5.73 Å². The zero-order valence-corrected chi connectivity index (χ0v) is 14.7. The minimum atomic E-state index is -0.549. The molecule has 2 amide bonds. The summed E-state index contributed by atoms with van der Waals surface area (Å²) in [6.07, 6.45) is 0. The van der Waals surface area contributed by atoms with E-state index in [4.69, 9.17) is 10.5 Å². The number of ether oxygens (including phenoxy) is 1. The van der Waals surface area contributed by atoms with Crippen molar-refractivity contribution in [3.8, 4) is 5.75 Å². The van der Waals surface area contributed by atoms with Crippen LogP contribution in [0.1, 0.15) is 47.1 Å². The number of benzene rings is 2. The van der Waals surface area contributed by atoms with Crippen molar-refractivity contribution >= 4 is 17.5 Å². The molecule has 0 aliphatic carbocycles. The fraction of sp³-hybridized carbons (Fsp3) is 0.300. The Hall–Kier alpha value is -2.82. The van der Waals surface area contributed by atoms with Gasteiger partial charge in [0.15, 0.2) is 0 Å². The molecule has 0 radical (unpaired) electrons. The minimum absolute atomic E-state index is 0.0940. The van der Waals surface area contributed by atoms with Crippen molar-refractivity contribution in [3.05, 3.63) is 59.2 Å². The lowest BCUT2D eigenvalue weighted by Crippen LogP contribution is -2.38. The maximum atomic E-state index is 13.0. The molecule has 130 valence electrons. The summed E-state index contributed by atoms with van der Waals surface area (Å²) in [5.74, 6) is 0.0337. The molecule has 2 aromatic rings. The number of nitrogens with two attached hydrogens (primary N) is 1. The highest BCUT2D eigenvalue weighted by molar-refractivity contribution is 6.08. The van der Waals surface area contributed by atoms with Crippen LogP contribution in [-0.2, 0) is 5.41 Å². The fourth-order valence-electron chi connectivity index (χ4n) is 3.01. The van der Waals surface area contributed by atoms with Crippen LogP contribution in [0.2, 0.25) is 0 Å². The van der Waals surface area contributed by atoms with Crippen LogP contribution in [0.15, 0.2) is 42.5 Å². The number of primary amides is 1. The molecule has 5 heteroatoms. The van der Waals surface area contributed by atoms with Crippen LogP contribution < -0.4 is 15.4 Å². The molecule has 0 saturated carbocycles. The van der Waals surface area contributed by atoms with E-state index in [1.807, 2.05) is 18.2 Å². The number of carbonyl (C=O) groups excluding carboxylic acids is 2. The molecule has 0 fully saturated rings. The van der Waals surface area contributed by atoms with Gasteiger partial charge in [0.2, 0.25) is 5.91 Å².